The average molecular weight is 386 g/mol. The minimum atomic E-state index is -0.0763. The summed E-state index contributed by atoms with van der Waals surface area (Å²) in [6.45, 7) is 1.96. The number of ketones is 1. The van der Waals surface area contributed by atoms with Crippen molar-refractivity contribution >= 4 is 39.5 Å². The number of benzene rings is 1. The molecule has 0 atom stereocenters. The maximum absolute atomic E-state index is 12.0. The van der Waals surface area contributed by atoms with Crippen molar-refractivity contribution in [3.63, 3.8) is 0 Å². The number of anilines is 1. The number of amides is 1. The van der Waals surface area contributed by atoms with Gasteiger partial charge in [0.15, 0.2) is 10.9 Å². The van der Waals surface area contributed by atoms with Crippen molar-refractivity contribution < 1.29 is 14.3 Å². The van der Waals surface area contributed by atoms with Crippen LogP contribution in [0.1, 0.15) is 30.1 Å². The molecule has 134 valence electrons. The first-order valence-corrected chi connectivity index (χ1v) is 9.91. The number of Topliss-reactive ketones (excluding diaryl/α,β-unsaturated/α-hetero) is 1. The molecule has 0 spiro atoms. The number of carbonyl (C=O) groups is 2. The van der Waals surface area contributed by atoms with Crippen LogP contribution in [0.25, 0.3) is 10.6 Å². The summed E-state index contributed by atoms with van der Waals surface area (Å²) >= 11 is 3.04. The topological polar surface area (TPSA) is 68.3 Å². The summed E-state index contributed by atoms with van der Waals surface area (Å²) in [5, 5.41) is 7.37. The van der Waals surface area contributed by atoms with Crippen LogP contribution in [0.2, 0.25) is 0 Å². The van der Waals surface area contributed by atoms with E-state index in [-0.39, 0.29) is 11.7 Å². The minimum Gasteiger partial charge on any atom is -0.494 e. The van der Waals surface area contributed by atoms with Crippen molar-refractivity contribution in [3.8, 4) is 16.3 Å². The van der Waals surface area contributed by atoms with Crippen LogP contribution in [0, 0.1) is 0 Å². The molecule has 1 aromatic carbocycles. The van der Waals surface area contributed by atoms with E-state index in [4.69, 9.17) is 4.74 Å². The third kappa shape index (κ3) is 5.00. The van der Waals surface area contributed by atoms with Crippen LogP contribution in [-0.4, -0.2) is 23.3 Å². The van der Waals surface area contributed by atoms with Gasteiger partial charge in [0.25, 0.3) is 0 Å². The monoisotopic (exact) mass is 386 g/mol. The van der Waals surface area contributed by atoms with Gasteiger partial charge in [-0.15, -0.1) is 22.7 Å². The predicted octanol–water partition coefficient (Wildman–Crippen LogP) is 4.87. The summed E-state index contributed by atoms with van der Waals surface area (Å²) in [7, 11) is 0. The fraction of sp³-hybridized carbons (Fsp3) is 0.211. The number of nitrogens with zero attached hydrogens (tertiary/aromatic N) is 1. The summed E-state index contributed by atoms with van der Waals surface area (Å²) < 4.78 is 5.59. The van der Waals surface area contributed by atoms with Gasteiger partial charge in [-0.25, -0.2) is 4.98 Å². The Morgan fingerprint density at radius 2 is 1.96 bits per heavy atom. The first kappa shape index (κ1) is 18.3. The highest BCUT2D eigenvalue weighted by Crippen LogP contribution is 2.28. The molecule has 26 heavy (non-hydrogen) atoms. The Morgan fingerprint density at radius 1 is 1.15 bits per heavy atom. The van der Waals surface area contributed by atoms with Crippen LogP contribution >= 0.6 is 22.7 Å². The minimum absolute atomic E-state index is 0.0256. The van der Waals surface area contributed by atoms with E-state index < -0.39 is 0 Å². The van der Waals surface area contributed by atoms with Crippen LogP contribution in [0.15, 0.2) is 47.2 Å². The fourth-order valence-corrected chi connectivity index (χ4v) is 3.75. The predicted molar refractivity (Wildman–Crippen MR) is 105 cm³/mol. The number of thiazole rings is 1. The molecule has 2 heterocycles. The highest BCUT2D eigenvalue weighted by atomic mass is 32.1. The Hall–Kier alpha value is -2.51. The average Bonchev–Trinajstić information content (AvgIpc) is 3.30. The summed E-state index contributed by atoms with van der Waals surface area (Å²) in [6.07, 6.45) is 0.961. The number of rotatable bonds is 8. The Balaban J connectivity index is 1.40. The maximum Gasteiger partial charge on any atom is 0.226 e. The molecule has 0 radical (unpaired) electrons. The largest absolute Gasteiger partial charge is 0.494 e. The lowest BCUT2D eigenvalue weighted by atomic mass is 10.1. The van der Waals surface area contributed by atoms with Gasteiger partial charge in [-0.3, -0.25) is 9.59 Å². The van der Waals surface area contributed by atoms with Crippen LogP contribution in [0.4, 0.5) is 5.13 Å². The SMILES string of the molecule is CC(=O)c1ccc(OCCCC(=O)Nc2nc(-c3cccs3)cs2)cc1. The second-order valence-electron chi connectivity index (χ2n) is 5.60. The molecular weight excluding hydrogens is 368 g/mol. The number of ether oxygens (including phenoxy) is 1. The molecule has 0 saturated carbocycles. The molecule has 2 aromatic heterocycles. The molecule has 0 unspecified atom stereocenters. The normalized spacial score (nSPS) is 10.5. The second-order valence-corrected chi connectivity index (χ2v) is 7.40. The lowest BCUT2D eigenvalue weighted by Gasteiger charge is -2.06. The van der Waals surface area contributed by atoms with Crippen molar-refractivity contribution in [2.24, 2.45) is 0 Å². The van der Waals surface area contributed by atoms with E-state index in [0.717, 1.165) is 10.6 Å². The van der Waals surface area contributed by atoms with Gasteiger partial charge in [-0.05, 0) is 49.1 Å². The highest BCUT2D eigenvalue weighted by Gasteiger charge is 2.09. The first-order chi connectivity index (χ1) is 12.6. The standard InChI is InChI=1S/C19H18N2O3S2/c1-13(22)14-6-8-15(9-7-14)24-10-2-5-18(23)21-19-20-16(12-26-19)17-4-3-11-25-17/h3-4,6-9,11-12H,2,5,10H2,1H3,(H,20,21,23). The lowest BCUT2D eigenvalue weighted by Crippen LogP contribution is -2.12. The number of aromatic nitrogens is 1. The van der Waals surface area contributed by atoms with Gasteiger partial charge in [-0.1, -0.05) is 6.07 Å². The van der Waals surface area contributed by atoms with Gasteiger partial charge < -0.3 is 10.1 Å². The second kappa shape index (κ2) is 8.73. The van der Waals surface area contributed by atoms with Gasteiger partial charge in [0, 0.05) is 17.4 Å². The zero-order valence-electron chi connectivity index (χ0n) is 14.2. The number of thiophene rings is 1. The van der Waals surface area contributed by atoms with Crippen molar-refractivity contribution in [2.45, 2.75) is 19.8 Å². The third-order valence-corrected chi connectivity index (χ3v) is 5.25. The summed E-state index contributed by atoms with van der Waals surface area (Å²) in [6, 6.07) is 11.0. The van der Waals surface area contributed by atoms with Crippen LogP contribution in [0.3, 0.4) is 0 Å². The number of hydrogen-bond donors (Lipinski definition) is 1. The third-order valence-electron chi connectivity index (χ3n) is 3.60. The van der Waals surface area contributed by atoms with Crippen LogP contribution in [0.5, 0.6) is 5.75 Å². The van der Waals surface area contributed by atoms with Crippen molar-refractivity contribution in [2.75, 3.05) is 11.9 Å². The molecular formula is C19H18N2O3S2. The van der Waals surface area contributed by atoms with Crippen LogP contribution < -0.4 is 10.1 Å². The number of carbonyl (C=O) groups excluding carboxylic acids is 2. The van der Waals surface area contributed by atoms with E-state index in [9.17, 15) is 9.59 Å². The zero-order valence-corrected chi connectivity index (χ0v) is 15.9. The van der Waals surface area contributed by atoms with Crippen molar-refractivity contribution in [3.05, 3.63) is 52.7 Å². The summed E-state index contributed by atoms with van der Waals surface area (Å²) in [5.74, 6) is 0.640. The maximum atomic E-state index is 12.0. The molecule has 0 saturated heterocycles. The number of hydrogen-bond acceptors (Lipinski definition) is 6. The Morgan fingerprint density at radius 3 is 2.65 bits per heavy atom. The van der Waals surface area contributed by atoms with Gasteiger partial charge >= 0.3 is 0 Å². The zero-order chi connectivity index (χ0) is 18.4. The highest BCUT2D eigenvalue weighted by molar-refractivity contribution is 7.16. The fourth-order valence-electron chi connectivity index (χ4n) is 2.26. The van der Waals surface area contributed by atoms with E-state index in [2.05, 4.69) is 10.3 Å². The molecule has 0 aliphatic rings. The van der Waals surface area contributed by atoms with Gasteiger partial charge in [-0.2, -0.15) is 0 Å². The molecule has 1 amide bonds. The first-order valence-electron chi connectivity index (χ1n) is 8.15. The Kier molecular flexibility index (Phi) is 6.14. The molecule has 5 nitrogen and oxygen atoms in total. The Bertz CT molecular complexity index is 871. The summed E-state index contributed by atoms with van der Waals surface area (Å²) in [5.41, 5.74) is 1.54. The molecule has 3 rings (SSSR count). The Labute approximate surface area is 159 Å². The van der Waals surface area contributed by atoms with Gasteiger partial charge in [0.2, 0.25) is 5.91 Å². The quantitative estimate of drug-likeness (QED) is 0.443. The smallest absolute Gasteiger partial charge is 0.226 e. The van der Waals surface area contributed by atoms with E-state index in [0.29, 0.717) is 35.9 Å². The molecule has 0 fully saturated rings. The number of nitrogens with one attached hydrogen (secondary N) is 1. The van der Waals surface area contributed by atoms with Crippen LogP contribution in [-0.2, 0) is 4.79 Å². The molecule has 7 heteroatoms. The summed E-state index contributed by atoms with van der Waals surface area (Å²) in [4.78, 5) is 28.7. The molecule has 1 N–H and O–H groups in total. The molecule has 0 aliphatic carbocycles. The van der Waals surface area contributed by atoms with Gasteiger partial charge in [0.05, 0.1) is 17.2 Å². The molecule has 0 aliphatic heterocycles. The lowest BCUT2D eigenvalue weighted by molar-refractivity contribution is -0.116. The van der Waals surface area contributed by atoms with Gasteiger partial charge in [0.1, 0.15) is 5.75 Å². The molecule has 3 aromatic rings. The van der Waals surface area contributed by atoms with E-state index in [1.54, 1.807) is 35.6 Å². The van der Waals surface area contributed by atoms with E-state index in [1.165, 1.54) is 18.3 Å². The van der Waals surface area contributed by atoms with E-state index in [1.807, 2.05) is 22.9 Å². The van der Waals surface area contributed by atoms with Crippen molar-refractivity contribution in [1.82, 2.24) is 4.98 Å². The molecule has 0 bridgehead atoms. The van der Waals surface area contributed by atoms with Crippen molar-refractivity contribution in [1.29, 1.82) is 0 Å². The van der Waals surface area contributed by atoms with E-state index >= 15 is 0 Å².